The van der Waals surface area contributed by atoms with Crippen molar-refractivity contribution in [2.45, 2.75) is 19.6 Å². The maximum absolute atomic E-state index is 10.3. The molecule has 9 heteroatoms. The molecule has 150 valence electrons. The molecule has 1 unspecified atom stereocenters. The number of thiophene rings is 1. The zero-order chi connectivity index (χ0) is 19.1. The second kappa shape index (κ2) is 11.4. The van der Waals surface area contributed by atoms with Gasteiger partial charge in [0.05, 0.1) is 22.3 Å². The molecule has 0 spiro atoms. The number of halogens is 2. The molecule has 0 aliphatic rings. The molecule has 0 saturated heterocycles. The van der Waals surface area contributed by atoms with Crippen LogP contribution in [0.5, 0.6) is 0 Å². The summed E-state index contributed by atoms with van der Waals surface area (Å²) in [5, 5.41) is 21.1. The lowest BCUT2D eigenvalue weighted by atomic mass is 10.3. The van der Waals surface area contributed by atoms with E-state index >= 15 is 0 Å². The minimum absolute atomic E-state index is 0. The van der Waals surface area contributed by atoms with Gasteiger partial charge in [-0.15, -0.1) is 35.3 Å². The van der Waals surface area contributed by atoms with E-state index in [9.17, 15) is 5.11 Å². The third kappa shape index (κ3) is 6.47. The molecule has 0 aliphatic heterocycles. The monoisotopic (exact) mass is 531 g/mol. The Morgan fingerprint density at radius 2 is 2.00 bits per heavy atom. The number of para-hydroxylation sites is 1. The van der Waals surface area contributed by atoms with Gasteiger partial charge in [0, 0.05) is 24.2 Å². The zero-order valence-electron chi connectivity index (χ0n) is 15.4. The van der Waals surface area contributed by atoms with Crippen LogP contribution in [0.3, 0.4) is 0 Å². The first-order chi connectivity index (χ1) is 13.2. The van der Waals surface area contributed by atoms with Crippen LogP contribution in [0, 0.1) is 0 Å². The van der Waals surface area contributed by atoms with Crippen LogP contribution < -0.4 is 10.6 Å². The molecule has 0 fully saturated rings. The largest absolute Gasteiger partial charge is 0.386 e. The average molecular weight is 532 g/mol. The van der Waals surface area contributed by atoms with Crippen LogP contribution in [0.2, 0.25) is 4.34 Å². The fourth-order valence-electron chi connectivity index (χ4n) is 2.47. The molecule has 2 aromatic heterocycles. The fourth-order valence-corrected chi connectivity index (χ4v) is 3.52. The molecule has 0 bridgehead atoms. The van der Waals surface area contributed by atoms with Gasteiger partial charge in [0.15, 0.2) is 5.96 Å². The van der Waals surface area contributed by atoms with Crippen molar-refractivity contribution in [3.63, 3.8) is 0 Å². The van der Waals surface area contributed by atoms with E-state index in [0.29, 0.717) is 23.4 Å². The van der Waals surface area contributed by atoms with E-state index in [1.54, 1.807) is 6.07 Å². The number of guanidine groups is 1. The molecule has 3 N–H and O–H groups in total. The first-order valence-corrected chi connectivity index (χ1v) is 9.90. The standard InChI is InChI=1S/C19H22ClN5OS.HI/c1-2-21-19(23-13-16(26)17-8-9-18(20)27-17)22-12-14-10-11-25(24-14)15-6-4-3-5-7-15;/h3-11,16,26H,2,12-13H2,1H3,(H2,21,22,23);1H. The lowest BCUT2D eigenvalue weighted by molar-refractivity contribution is 0.184. The number of hydrogen-bond donors (Lipinski definition) is 3. The van der Waals surface area contributed by atoms with Crippen molar-refractivity contribution in [1.82, 2.24) is 20.4 Å². The predicted octanol–water partition coefficient (Wildman–Crippen LogP) is 3.99. The van der Waals surface area contributed by atoms with Crippen LogP contribution in [0.25, 0.3) is 5.69 Å². The second-order valence-electron chi connectivity index (χ2n) is 5.82. The molecule has 2 heterocycles. The highest BCUT2D eigenvalue weighted by Gasteiger charge is 2.11. The van der Waals surface area contributed by atoms with Gasteiger partial charge in [-0.3, -0.25) is 0 Å². The van der Waals surface area contributed by atoms with Crippen molar-refractivity contribution in [3.8, 4) is 5.69 Å². The number of nitrogens with zero attached hydrogens (tertiary/aromatic N) is 3. The lowest BCUT2D eigenvalue weighted by Crippen LogP contribution is -2.39. The number of nitrogens with one attached hydrogen (secondary N) is 2. The molecule has 0 amide bonds. The quantitative estimate of drug-likeness (QED) is 0.245. The Bertz CT molecular complexity index is 883. The summed E-state index contributed by atoms with van der Waals surface area (Å²) in [6.45, 7) is 3.51. The molecule has 0 radical (unpaired) electrons. The summed E-state index contributed by atoms with van der Waals surface area (Å²) in [7, 11) is 0. The summed E-state index contributed by atoms with van der Waals surface area (Å²) >= 11 is 7.30. The van der Waals surface area contributed by atoms with E-state index in [0.717, 1.165) is 22.8 Å². The Morgan fingerprint density at radius 3 is 2.68 bits per heavy atom. The molecule has 1 aromatic carbocycles. The topological polar surface area (TPSA) is 74.5 Å². The van der Waals surface area contributed by atoms with Crippen LogP contribution in [0.15, 0.2) is 59.7 Å². The number of rotatable bonds is 7. The van der Waals surface area contributed by atoms with Crippen LogP contribution in [0.4, 0.5) is 0 Å². The molecule has 1 atom stereocenters. The van der Waals surface area contributed by atoms with Crippen molar-refractivity contribution in [2.75, 3.05) is 13.1 Å². The van der Waals surface area contributed by atoms with Crippen molar-refractivity contribution >= 4 is 52.9 Å². The Morgan fingerprint density at radius 1 is 1.21 bits per heavy atom. The second-order valence-corrected chi connectivity index (χ2v) is 7.57. The number of hydrogen-bond acceptors (Lipinski definition) is 4. The van der Waals surface area contributed by atoms with Gasteiger partial charge >= 0.3 is 0 Å². The molecule has 28 heavy (non-hydrogen) atoms. The first-order valence-electron chi connectivity index (χ1n) is 8.71. The van der Waals surface area contributed by atoms with E-state index in [1.807, 2.05) is 60.3 Å². The van der Waals surface area contributed by atoms with Crippen LogP contribution in [0.1, 0.15) is 23.6 Å². The Kier molecular flexibility index (Phi) is 9.23. The summed E-state index contributed by atoms with van der Waals surface area (Å²) in [6.07, 6.45) is 1.29. The number of aliphatic imine (C=N–C) groups is 1. The minimum atomic E-state index is -0.636. The first kappa shape index (κ1) is 22.7. The maximum Gasteiger partial charge on any atom is 0.191 e. The van der Waals surface area contributed by atoms with Crippen LogP contribution >= 0.6 is 46.9 Å². The number of benzene rings is 1. The summed E-state index contributed by atoms with van der Waals surface area (Å²) < 4.78 is 2.49. The van der Waals surface area contributed by atoms with Gasteiger partial charge in [-0.2, -0.15) is 5.10 Å². The van der Waals surface area contributed by atoms with E-state index in [-0.39, 0.29) is 24.0 Å². The van der Waals surface area contributed by atoms with Crippen molar-refractivity contribution in [1.29, 1.82) is 0 Å². The smallest absolute Gasteiger partial charge is 0.191 e. The predicted molar refractivity (Wildman–Crippen MR) is 126 cm³/mol. The molecule has 3 rings (SSSR count). The number of aliphatic hydroxyl groups is 1. The molecular formula is C19H23ClIN5OS. The maximum atomic E-state index is 10.3. The summed E-state index contributed by atoms with van der Waals surface area (Å²) in [6, 6.07) is 15.5. The van der Waals surface area contributed by atoms with Crippen molar-refractivity contribution < 1.29 is 5.11 Å². The van der Waals surface area contributed by atoms with Gasteiger partial charge in [-0.05, 0) is 37.3 Å². The van der Waals surface area contributed by atoms with Crippen LogP contribution in [-0.2, 0) is 6.54 Å². The Labute approximate surface area is 190 Å². The minimum Gasteiger partial charge on any atom is -0.386 e. The van der Waals surface area contributed by atoms with Gasteiger partial charge in [0.2, 0.25) is 0 Å². The van der Waals surface area contributed by atoms with E-state index < -0.39 is 6.10 Å². The fraction of sp³-hybridized carbons (Fsp3) is 0.263. The van der Waals surface area contributed by atoms with Crippen LogP contribution in [-0.4, -0.2) is 33.9 Å². The zero-order valence-corrected chi connectivity index (χ0v) is 19.3. The Balaban J connectivity index is 0.00000280. The third-order valence-electron chi connectivity index (χ3n) is 3.79. The summed E-state index contributed by atoms with van der Waals surface area (Å²) in [5.41, 5.74) is 1.87. The highest BCUT2D eigenvalue weighted by atomic mass is 127. The molecule has 6 nitrogen and oxygen atoms in total. The van der Waals surface area contributed by atoms with E-state index in [1.165, 1.54) is 11.3 Å². The van der Waals surface area contributed by atoms with Gasteiger partial charge in [-0.25, -0.2) is 9.67 Å². The highest BCUT2D eigenvalue weighted by molar-refractivity contribution is 14.0. The highest BCUT2D eigenvalue weighted by Crippen LogP contribution is 2.26. The Hall–Kier alpha value is -1.62. The summed E-state index contributed by atoms with van der Waals surface area (Å²) in [5.74, 6) is 0.633. The number of aromatic nitrogens is 2. The van der Waals surface area contributed by atoms with Gasteiger partial charge < -0.3 is 15.7 Å². The average Bonchev–Trinajstić information content (AvgIpc) is 3.33. The lowest BCUT2D eigenvalue weighted by Gasteiger charge is -2.14. The molecular weight excluding hydrogens is 509 g/mol. The molecule has 0 aliphatic carbocycles. The molecule has 3 aromatic rings. The van der Waals surface area contributed by atoms with E-state index in [2.05, 4.69) is 20.7 Å². The van der Waals surface area contributed by atoms with E-state index in [4.69, 9.17) is 11.6 Å². The number of aliphatic hydroxyl groups excluding tert-OH is 1. The molecule has 0 saturated carbocycles. The van der Waals surface area contributed by atoms with Crippen molar-refractivity contribution in [2.24, 2.45) is 4.99 Å². The third-order valence-corrected chi connectivity index (χ3v) is 5.13. The summed E-state index contributed by atoms with van der Waals surface area (Å²) in [4.78, 5) is 5.37. The van der Waals surface area contributed by atoms with Crippen molar-refractivity contribution in [3.05, 3.63) is 69.6 Å². The van der Waals surface area contributed by atoms with Gasteiger partial charge in [-0.1, -0.05) is 29.8 Å². The van der Waals surface area contributed by atoms with Gasteiger partial charge in [0.1, 0.15) is 6.10 Å². The SMILES string of the molecule is CCNC(=NCc1ccn(-c2ccccc2)n1)NCC(O)c1ccc(Cl)s1.I. The van der Waals surface area contributed by atoms with Gasteiger partial charge in [0.25, 0.3) is 0 Å². The normalized spacial score (nSPS) is 12.3.